The van der Waals surface area contributed by atoms with Gasteiger partial charge in [-0.05, 0) is 24.0 Å². The zero-order valence-corrected chi connectivity index (χ0v) is 19.6. The normalized spacial score (nSPS) is 11.9. The molecule has 1 aromatic carbocycles. The van der Waals surface area contributed by atoms with Gasteiger partial charge < -0.3 is 16.4 Å². The number of aromatic nitrogens is 4. The highest BCUT2D eigenvalue weighted by Crippen LogP contribution is 2.29. The molecule has 0 aliphatic heterocycles. The molecule has 1 unspecified atom stereocenters. The first-order valence-electron chi connectivity index (χ1n) is 10.6. The standard InChI is InChI=1S/C24H24FN7OS/c1-27-24(33)18-6-7-28-22-16(4-3-5-17(18)22)15(12-34-2)11-29-21-9-20(31-13-32-21)14-8-19(25)23(26)30-10-14/h3-10,13,15H,11-12H2,1-2H3,(H2,26,30)(H,27,33)(H,29,31,32). The predicted octanol–water partition coefficient (Wildman–Crippen LogP) is 3.73. The molecule has 0 fully saturated rings. The summed E-state index contributed by atoms with van der Waals surface area (Å²) < 4.78 is 13.8. The van der Waals surface area contributed by atoms with Crippen molar-refractivity contribution in [2.75, 3.05) is 36.7 Å². The smallest absolute Gasteiger partial charge is 0.251 e. The Labute approximate surface area is 200 Å². The van der Waals surface area contributed by atoms with Crippen LogP contribution >= 0.6 is 11.8 Å². The van der Waals surface area contributed by atoms with Gasteiger partial charge >= 0.3 is 0 Å². The van der Waals surface area contributed by atoms with E-state index in [1.54, 1.807) is 37.1 Å². The van der Waals surface area contributed by atoms with Crippen molar-refractivity contribution in [3.8, 4) is 11.3 Å². The lowest BCUT2D eigenvalue weighted by molar-refractivity contribution is 0.0964. The monoisotopic (exact) mass is 477 g/mol. The molecule has 0 saturated heterocycles. The average molecular weight is 478 g/mol. The Hall–Kier alpha value is -3.79. The van der Waals surface area contributed by atoms with Gasteiger partial charge in [-0.15, -0.1) is 0 Å². The molecule has 0 spiro atoms. The molecule has 0 aliphatic rings. The highest BCUT2D eigenvalue weighted by atomic mass is 32.2. The second-order valence-electron chi connectivity index (χ2n) is 7.59. The molecule has 3 aromatic heterocycles. The molecule has 4 N–H and O–H groups in total. The summed E-state index contributed by atoms with van der Waals surface area (Å²) in [5.74, 6) is 0.645. The van der Waals surface area contributed by atoms with E-state index in [0.29, 0.717) is 29.2 Å². The first kappa shape index (κ1) is 23.4. The Morgan fingerprint density at radius 3 is 2.79 bits per heavy atom. The molecule has 8 nitrogen and oxygen atoms in total. The summed E-state index contributed by atoms with van der Waals surface area (Å²) in [5, 5.41) is 6.87. The van der Waals surface area contributed by atoms with Crippen LogP contribution in [0.1, 0.15) is 21.8 Å². The summed E-state index contributed by atoms with van der Waals surface area (Å²) in [6.07, 6.45) is 6.61. The maximum atomic E-state index is 13.8. The lowest BCUT2D eigenvalue weighted by Crippen LogP contribution is -2.19. The number of carbonyl (C=O) groups is 1. The predicted molar refractivity (Wildman–Crippen MR) is 134 cm³/mol. The molecule has 1 atom stereocenters. The second-order valence-corrected chi connectivity index (χ2v) is 8.50. The minimum atomic E-state index is -0.592. The van der Waals surface area contributed by atoms with Crippen LogP contribution in [0.2, 0.25) is 0 Å². The van der Waals surface area contributed by atoms with E-state index in [1.165, 1.54) is 18.6 Å². The van der Waals surface area contributed by atoms with Gasteiger partial charge in [0, 0.05) is 54.7 Å². The fourth-order valence-corrected chi connectivity index (χ4v) is 4.45. The number of nitrogens with two attached hydrogens (primary N) is 1. The van der Waals surface area contributed by atoms with E-state index in [4.69, 9.17) is 5.73 Å². The fraction of sp³-hybridized carbons (Fsp3) is 0.208. The van der Waals surface area contributed by atoms with E-state index in [2.05, 4.69) is 30.6 Å². The summed E-state index contributed by atoms with van der Waals surface area (Å²) >= 11 is 1.72. The number of amides is 1. The third-order valence-electron chi connectivity index (χ3n) is 5.44. The topological polar surface area (TPSA) is 119 Å². The molecule has 4 rings (SSSR count). The third-order valence-corrected chi connectivity index (χ3v) is 6.18. The zero-order chi connectivity index (χ0) is 24.1. The van der Waals surface area contributed by atoms with Crippen LogP contribution in [-0.2, 0) is 0 Å². The van der Waals surface area contributed by atoms with Crippen LogP contribution in [0.3, 0.4) is 0 Å². The summed E-state index contributed by atoms with van der Waals surface area (Å²) in [4.78, 5) is 29.3. The first-order valence-corrected chi connectivity index (χ1v) is 12.0. The number of hydrogen-bond donors (Lipinski definition) is 3. The van der Waals surface area contributed by atoms with E-state index >= 15 is 0 Å². The van der Waals surface area contributed by atoms with Crippen molar-refractivity contribution < 1.29 is 9.18 Å². The number of nitrogens with one attached hydrogen (secondary N) is 2. The number of nitrogens with zero attached hydrogens (tertiary/aromatic N) is 4. The molecule has 34 heavy (non-hydrogen) atoms. The van der Waals surface area contributed by atoms with Crippen molar-refractivity contribution in [1.29, 1.82) is 0 Å². The lowest BCUT2D eigenvalue weighted by Gasteiger charge is -2.19. The SMILES string of the molecule is CNC(=O)c1ccnc2c(C(CNc3cc(-c4cnc(N)c(F)c4)ncn3)CSC)cccc12. The van der Waals surface area contributed by atoms with E-state index < -0.39 is 5.82 Å². The number of anilines is 2. The molecule has 3 heterocycles. The Kier molecular flexibility index (Phi) is 7.17. The number of para-hydroxylation sites is 1. The molecule has 0 aliphatic carbocycles. The van der Waals surface area contributed by atoms with E-state index in [9.17, 15) is 9.18 Å². The van der Waals surface area contributed by atoms with Gasteiger partial charge in [-0.2, -0.15) is 11.8 Å². The van der Waals surface area contributed by atoms with Gasteiger partial charge in [0.05, 0.1) is 16.8 Å². The van der Waals surface area contributed by atoms with E-state index in [0.717, 1.165) is 22.2 Å². The van der Waals surface area contributed by atoms with Crippen molar-refractivity contribution in [3.63, 3.8) is 0 Å². The van der Waals surface area contributed by atoms with Crippen LogP contribution in [0.5, 0.6) is 0 Å². The van der Waals surface area contributed by atoms with Gasteiger partial charge in [-0.25, -0.2) is 19.3 Å². The van der Waals surface area contributed by atoms with Crippen molar-refractivity contribution >= 4 is 40.2 Å². The first-order chi connectivity index (χ1) is 16.5. The van der Waals surface area contributed by atoms with E-state index in [1.807, 2.05) is 24.5 Å². The minimum Gasteiger partial charge on any atom is -0.381 e. The minimum absolute atomic E-state index is 0.0974. The molecular formula is C24H24FN7OS. The lowest BCUT2D eigenvalue weighted by atomic mass is 9.95. The van der Waals surface area contributed by atoms with Crippen molar-refractivity contribution in [1.82, 2.24) is 25.3 Å². The van der Waals surface area contributed by atoms with Gasteiger partial charge in [0.15, 0.2) is 11.6 Å². The van der Waals surface area contributed by atoms with Gasteiger partial charge in [-0.3, -0.25) is 9.78 Å². The van der Waals surface area contributed by atoms with Crippen LogP contribution < -0.4 is 16.4 Å². The highest BCUT2D eigenvalue weighted by molar-refractivity contribution is 7.98. The number of hydrogen-bond acceptors (Lipinski definition) is 8. The highest BCUT2D eigenvalue weighted by Gasteiger charge is 2.18. The number of rotatable bonds is 8. The number of nitrogen functional groups attached to an aromatic ring is 1. The summed E-state index contributed by atoms with van der Waals surface area (Å²) in [6.45, 7) is 0.580. The van der Waals surface area contributed by atoms with Crippen LogP contribution in [0, 0.1) is 5.82 Å². The van der Waals surface area contributed by atoms with Crippen LogP contribution in [-0.4, -0.2) is 51.4 Å². The molecule has 0 saturated carbocycles. The van der Waals surface area contributed by atoms with Gasteiger partial charge in [0.25, 0.3) is 5.91 Å². The van der Waals surface area contributed by atoms with Crippen LogP contribution in [0.15, 0.2) is 55.1 Å². The maximum Gasteiger partial charge on any atom is 0.251 e. The second kappa shape index (κ2) is 10.4. The number of pyridine rings is 2. The van der Waals surface area contributed by atoms with Crippen LogP contribution in [0.4, 0.5) is 16.0 Å². The largest absolute Gasteiger partial charge is 0.381 e. The van der Waals surface area contributed by atoms with Gasteiger partial charge in [-0.1, -0.05) is 18.2 Å². The molecular weight excluding hydrogens is 453 g/mol. The average Bonchev–Trinajstić information content (AvgIpc) is 2.87. The summed E-state index contributed by atoms with van der Waals surface area (Å²) in [6, 6.07) is 10.7. The number of carbonyl (C=O) groups excluding carboxylic acids is 1. The van der Waals surface area contributed by atoms with Crippen molar-refractivity contribution in [3.05, 3.63) is 72.1 Å². The maximum absolute atomic E-state index is 13.8. The Balaban J connectivity index is 1.61. The van der Waals surface area contributed by atoms with Gasteiger partial charge in [0.1, 0.15) is 12.1 Å². The van der Waals surface area contributed by atoms with Crippen molar-refractivity contribution in [2.24, 2.45) is 0 Å². The van der Waals surface area contributed by atoms with E-state index in [-0.39, 0.29) is 17.6 Å². The molecule has 10 heteroatoms. The number of fused-ring (bicyclic) bond motifs is 1. The number of thioether (sulfide) groups is 1. The molecule has 0 bridgehead atoms. The quantitative estimate of drug-likeness (QED) is 0.351. The van der Waals surface area contributed by atoms with Crippen molar-refractivity contribution in [2.45, 2.75) is 5.92 Å². The molecule has 174 valence electrons. The fourth-order valence-electron chi connectivity index (χ4n) is 3.75. The van der Waals surface area contributed by atoms with Crippen LogP contribution in [0.25, 0.3) is 22.2 Å². The third kappa shape index (κ3) is 4.91. The molecule has 1 amide bonds. The molecule has 4 aromatic rings. The Morgan fingerprint density at radius 2 is 2.03 bits per heavy atom. The Morgan fingerprint density at radius 1 is 1.18 bits per heavy atom. The summed E-state index contributed by atoms with van der Waals surface area (Å²) in [7, 11) is 1.61. The Bertz CT molecular complexity index is 1330. The van der Waals surface area contributed by atoms with Gasteiger partial charge in [0.2, 0.25) is 0 Å². The molecule has 0 radical (unpaired) electrons. The zero-order valence-electron chi connectivity index (χ0n) is 18.7. The number of halogens is 1. The summed E-state index contributed by atoms with van der Waals surface area (Å²) in [5.41, 5.74) is 8.96. The number of benzene rings is 1.